The van der Waals surface area contributed by atoms with Crippen molar-refractivity contribution in [3.63, 3.8) is 0 Å². The van der Waals surface area contributed by atoms with Crippen molar-refractivity contribution in [3.8, 4) is 11.8 Å². The van der Waals surface area contributed by atoms with Crippen molar-refractivity contribution in [1.82, 2.24) is 5.32 Å². The van der Waals surface area contributed by atoms with Crippen LogP contribution in [0.15, 0.2) is 18.2 Å². The SMILES string of the molecule is CCCCNCc1ccc(OC)c(C#N)c1. The van der Waals surface area contributed by atoms with E-state index in [1.165, 1.54) is 12.8 Å². The molecule has 0 heterocycles. The zero-order chi connectivity index (χ0) is 11.8. The van der Waals surface area contributed by atoms with Crippen LogP contribution in [0.5, 0.6) is 5.75 Å². The molecule has 0 saturated carbocycles. The van der Waals surface area contributed by atoms with Crippen molar-refractivity contribution in [2.75, 3.05) is 13.7 Å². The Bertz CT molecular complexity index is 369. The van der Waals surface area contributed by atoms with Crippen molar-refractivity contribution in [2.45, 2.75) is 26.3 Å². The Morgan fingerprint density at radius 1 is 1.44 bits per heavy atom. The Morgan fingerprint density at radius 2 is 2.25 bits per heavy atom. The van der Waals surface area contributed by atoms with Gasteiger partial charge in [0.2, 0.25) is 0 Å². The maximum absolute atomic E-state index is 8.93. The molecule has 1 rings (SSSR count). The van der Waals surface area contributed by atoms with Crippen LogP contribution < -0.4 is 10.1 Å². The first-order valence-corrected chi connectivity index (χ1v) is 5.59. The van der Waals surface area contributed by atoms with Gasteiger partial charge in [-0.3, -0.25) is 0 Å². The smallest absolute Gasteiger partial charge is 0.136 e. The quantitative estimate of drug-likeness (QED) is 0.746. The van der Waals surface area contributed by atoms with Gasteiger partial charge in [0, 0.05) is 6.54 Å². The van der Waals surface area contributed by atoms with Crippen LogP contribution in [0.3, 0.4) is 0 Å². The lowest BCUT2D eigenvalue weighted by Crippen LogP contribution is -2.14. The lowest BCUT2D eigenvalue weighted by Gasteiger charge is -2.07. The molecule has 16 heavy (non-hydrogen) atoms. The fourth-order valence-electron chi connectivity index (χ4n) is 1.49. The Labute approximate surface area is 97.0 Å². The topological polar surface area (TPSA) is 45.0 Å². The lowest BCUT2D eigenvalue weighted by atomic mass is 10.1. The van der Waals surface area contributed by atoms with Crippen LogP contribution >= 0.6 is 0 Å². The monoisotopic (exact) mass is 218 g/mol. The molecule has 86 valence electrons. The second kappa shape index (κ2) is 6.86. The van der Waals surface area contributed by atoms with E-state index >= 15 is 0 Å². The van der Waals surface area contributed by atoms with E-state index in [1.807, 2.05) is 18.2 Å². The van der Waals surface area contributed by atoms with Crippen LogP contribution in [-0.2, 0) is 6.54 Å². The molecule has 3 heteroatoms. The summed E-state index contributed by atoms with van der Waals surface area (Å²) in [6.45, 7) is 3.99. The van der Waals surface area contributed by atoms with Crippen LogP contribution in [-0.4, -0.2) is 13.7 Å². The largest absolute Gasteiger partial charge is 0.495 e. The summed E-state index contributed by atoms with van der Waals surface area (Å²) in [6, 6.07) is 7.84. The van der Waals surface area contributed by atoms with Gasteiger partial charge in [-0.25, -0.2) is 0 Å². The molecule has 0 aliphatic rings. The first-order chi connectivity index (χ1) is 7.81. The molecule has 0 radical (unpaired) electrons. The minimum Gasteiger partial charge on any atom is -0.495 e. The number of benzene rings is 1. The lowest BCUT2D eigenvalue weighted by molar-refractivity contribution is 0.413. The molecule has 3 nitrogen and oxygen atoms in total. The molecule has 0 aromatic heterocycles. The van der Waals surface area contributed by atoms with Crippen molar-refractivity contribution >= 4 is 0 Å². The van der Waals surface area contributed by atoms with Crippen LogP contribution in [0.1, 0.15) is 30.9 Å². The Morgan fingerprint density at radius 3 is 2.88 bits per heavy atom. The number of nitrogens with one attached hydrogen (secondary N) is 1. The number of hydrogen-bond donors (Lipinski definition) is 1. The standard InChI is InChI=1S/C13H18N2O/c1-3-4-7-15-10-11-5-6-13(16-2)12(8-11)9-14/h5-6,8,15H,3-4,7,10H2,1-2H3. The van der Waals surface area contributed by atoms with E-state index < -0.39 is 0 Å². The van der Waals surface area contributed by atoms with Crippen molar-refractivity contribution in [3.05, 3.63) is 29.3 Å². The third kappa shape index (κ3) is 3.56. The number of rotatable bonds is 6. The van der Waals surface area contributed by atoms with Gasteiger partial charge in [-0.05, 0) is 30.7 Å². The number of methoxy groups -OCH3 is 1. The second-order valence-electron chi connectivity index (χ2n) is 3.68. The summed E-state index contributed by atoms with van der Waals surface area (Å²) >= 11 is 0. The molecular formula is C13H18N2O. The molecule has 0 aliphatic heterocycles. The Hall–Kier alpha value is -1.53. The second-order valence-corrected chi connectivity index (χ2v) is 3.68. The molecule has 1 aromatic carbocycles. The highest BCUT2D eigenvalue weighted by Crippen LogP contribution is 2.18. The minimum atomic E-state index is 0.595. The van der Waals surface area contributed by atoms with Crippen molar-refractivity contribution < 1.29 is 4.74 Å². The molecule has 0 aliphatic carbocycles. The molecule has 0 atom stereocenters. The minimum absolute atomic E-state index is 0.595. The normalized spacial score (nSPS) is 9.81. The van der Waals surface area contributed by atoms with Gasteiger partial charge in [0.25, 0.3) is 0 Å². The van der Waals surface area contributed by atoms with Crippen LogP contribution in [0.25, 0.3) is 0 Å². The summed E-state index contributed by atoms with van der Waals surface area (Å²) in [4.78, 5) is 0. The van der Waals surface area contributed by atoms with E-state index in [0.29, 0.717) is 11.3 Å². The average molecular weight is 218 g/mol. The summed E-state index contributed by atoms with van der Waals surface area (Å²) < 4.78 is 5.09. The summed E-state index contributed by atoms with van der Waals surface area (Å²) in [7, 11) is 1.58. The van der Waals surface area contributed by atoms with Gasteiger partial charge >= 0.3 is 0 Å². The van der Waals surface area contributed by atoms with Crippen LogP contribution in [0.2, 0.25) is 0 Å². The van der Waals surface area contributed by atoms with E-state index in [9.17, 15) is 0 Å². The first kappa shape index (κ1) is 12.5. The zero-order valence-electron chi connectivity index (χ0n) is 9.92. The highest BCUT2D eigenvalue weighted by atomic mass is 16.5. The first-order valence-electron chi connectivity index (χ1n) is 5.59. The highest BCUT2D eigenvalue weighted by Gasteiger charge is 2.02. The predicted molar refractivity (Wildman–Crippen MR) is 64.3 cm³/mol. The molecule has 1 aromatic rings. The Kier molecular flexibility index (Phi) is 5.38. The molecular weight excluding hydrogens is 200 g/mol. The number of nitriles is 1. The molecule has 0 spiro atoms. The molecule has 0 bridgehead atoms. The molecule has 1 N–H and O–H groups in total. The molecule has 0 saturated heterocycles. The third-order valence-corrected chi connectivity index (χ3v) is 2.42. The number of unbranched alkanes of at least 4 members (excludes halogenated alkanes) is 1. The van der Waals surface area contributed by atoms with Gasteiger partial charge in [-0.15, -0.1) is 0 Å². The maximum atomic E-state index is 8.93. The van der Waals surface area contributed by atoms with Crippen LogP contribution in [0, 0.1) is 11.3 Å². The van der Waals surface area contributed by atoms with Crippen LogP contribution in [0.4, 0.5) is 0 Å². The van der Waals surface area contributed by atoms with Crippen molar-refractivity contribution in [2.24, 2.45) is 0 Å². The third-order valence-electron chi connectivity index (χ3n) is 2.42. The molecule has 0 fully saturated rings. The fourth-order valence-corrected chi connectivity index (χ4v) is 1.49. The van der Waals surface area contributed by atoms with Gasteiger partial charge in [0.05, 0.1) is 12.7 Å². The zero-order valence-corrected chi connectivity index (χ0v) is 9.92. The van der Waals surface area contributed by atoms with E-state index in [4.69, 9.17) is 10.00 Å². The summed E-state index contributed by atoms with van der Waals surface area (Å²) in [5.41, 5.74) is 1.71. The average Bonchev–Trinajstić information content (AvgIpc) is 2.34. The van der Waals surface area contributed by atoms with Gasteiger partial charge in [0.15, 0.2) is 0 Å². The van der Waals surface area contributed by atoms with Gasteiger partial charge in [0.1, 0.15) is 11.8 Å². The molecule has 0 unspecified atom stereocenters. The van der Waals surface area contributed by atoms with E-state index in [0.717, 1.165) is 18.7 Å². The van der Waals surface area contributed by atoms with Gasteiger partial charge in [-0.1, -0.05) is 19.4 Å². The fraction of sp³-hybridized carbons (Fsp3) is 0.462. The van der Waals surface area contributed by atoms with E-state index in [-0.39, 0.29) is 0 Å². The predicted octanol–water partition coefficient (Wildman–Crippen LogP) is 2.46. The van der Waals surface area contributed by atoms with E-state index in [2.05, 4.69) is 18.3 Å². The summed E-state index contributed by atoms with van der Waals surface area (Å²) in [5, 5.41) is 12.3. The van der Waals surface area contributed by atoms with E-state index in [1.54, 1.807) is 7.11 Å². The number of ether oxygens (including phenoxy) is 1. The van der Waals surface area contributed by atoms with Crippen molar-refractivity contribution in [1.29, 1.82) is 5.26 Å². The summed E-state index contributed by atoms with van der Waals surface area (Å²) in [5.74, 6) is 0.639. The van der Waals surface area contributed by atoms with Gasteiger partial charge < -0.3 is 10.1 Å². The Balaban J connectivity index is 2.58. The number of hydrogen-bond acceptors (Lipinski definition) is 3. The highest BCUT2D eigenvalue weighted by molar-refractivity contribution is 5.45. The molecule has 0 amide bonds. The summed E-state index contributed by atoms with van der Waals surface area (Å²) in [6.07, 6.45) is 2.38. The number of nitrogens with zero attached hydrogens (tertiary/aromatic N) is 1. The van der Waals surface area contributed by atoms with Gasteiger partial charge in [-0.2, -0.15) is 5.26 Å². The maximum Gasteiger partial charge on any atom is 0.136 e.